The zero-order chi connectivity index (χ0) is 14.3. The Bertz CT molecular complexity index is 315. The number of carbonyl (C=O) groups excluding carboxylic acids is 2. The number of carbonyl (C=O) groups is 2. The van der Waals surface area contributed by atoms with Gasteiger partial charge in [-0.15, -0.1) is 11.6 Å². The van der Waals surface area contributed by atoms with Crippen LogP contribution in [0.5, 0.6) is 0 Å². The van der Waals surface area contributed by atoms with Crippen LogP contribution in [0.3, 0.4) is 0 Å². The highest BCUT2D eigenvalue weighted by Gasteiger charge is 2.28. The Kier molecular flexibility index (Phi) is 7.59. The maximum atomic E-state index is 11.4. The van der Waals surface area contributed by atoms with Gasteiger partial charge in [0, 0.05) is 0 Å². The average Bonchev–Trinajstić information content (AvgIpc) is 2.30. The zero-order valence-electron chi connectivity index (χ0n) is 11.2. The fraction of sp³-hybridized carbons (Fsp3) is 0.750. The van der Waals surface area contributed by atoms with E-state index in [1.165, 1.54) is 0 Å². The van der Waals surface area contributed by atoms with Crippen LogP contribution in [0.1, 0.15) is 27.7 Å². The largest absolute Gasteiger partial charge is 0.464 e. The van der Waals surface area contributed by atoms with E-state index in [2.05, 4.69) is 0 Å². The summed E-state index contributed by atoms with van der Waals surface area (Å²) in [6.45, 7) is 7.87. The lowest BCUT2D eigenvalue weighted by Gasteiger charge is -2.12. The highest BCUT2D eigenvalue weighted by molar-refractivity contribution is 6.54. The summed E-state index contributed by atoms with van der Waals surface area (Å²) < 4.78 is 9.65. The lowest BCUT2D eigenvalue weighted by molar-refractivity contribution is -0.144. The quantitative estimate of drug-likeness (QED) is 0.439. The summed E-state index contributed by atoms with van der Waals surface area (Å²) in [4.78, 5) is 22.8. The Hall–Kier alpha value is -1.10. The van der Waals surface area contributed by atoms with Gasteiger partial charge in [-0.3, -0.25) is 10.2 Å². The van der Waals surface area contributed by atoms with Gasteiger partial charge in [-0.2, -0.15) is 0 Å². The molecule has 0 saturated carbocycles. The molecule has 0 rings (SSSR count). The van der Waals surface area contributed by atoms with Crippen molar-refractivity contribution in [3.63, 3.8) is 0 Å². The molecule has 1 unspecified atom stereocenters. The molecule has 0 aromatic carbocycles. The van der Waals surface area contributed by atoms with Crippen molar-refractivity contribution in [3.8, 4) is 0 Å². The first kappa shape index (κ1) is 16.9. The third-order valence-electron chi connectivity index (χ3n) is 1.79. The first-order chi connectivity index (χ1) is 8.25. The van der Waals surface area contributed by atoms with Gasteiger partial charge in [-0.1, -0.05) is 27.7 Å². The van der Waals surface area contributed by atoms with Crippen molar-refractivity contribution in [2.45, 2.75) is 33.1 Å². The lowest BCUT2D eigenvalue weighted by atomic mass is 10.2. The molecule has 0 bridgehead atoms. The van der Waals surface area contributed by atoms with E-state index in [0.717, 1.165) is 0 Å². The van der Waals surface area contributed by atoms with E-state index >= 15 is 0 Å². The van der Waals surface area contributed by atoms with Crippen molar-refractivity contribution < 1.29 is 19.1 Å². The van der Waals surface area contributed by atoms with Gasteiger partial charge in [0.05, 0.1) is 13.2 Å². The molecule has 5 nitrogen and oxygen atoms in total. The smallest absolute Gasteiger partial charge is 0.354 e. The molecule has 6 heteroatoms. The number of halogens is 1. The summed E-state index contributed by atoms with van der Waals surface area (Å²) >= 11 is 5.68. The van der Waals surface area contributed by atoms with Crippen LogP contribution in [0, 0.1) is 17.2 Å². The molecule has 0 saturated heterocycles. The highest BCUT2D eigenvalue weighted by Crippen LogP contribution is 2.06. The van der Waals surface area contributed by atoms with Gasteiger partial charge in [0.1, 0.15) is 5.71 Å². The van der Waals surface area contributed by atoms with Crippen LogP contribution in [-0.4, -0.2) is 36.2 Å². The predicted molar refractivity (Wildman–Crippen MR) is 69.0 cm³/mol. The fourth-order valence-electron chi connectivity index (χ4n) is 0.863. The molecular formula is C12H20ClNO4. The molecule has 1 N–H and O–H groups in total. The SMILES string of the molecule is CC(C)COC(=O)C(=N)C(Cl)C(=O)OCC(C)C. The third kappa shape index (κ3) is 6.59. The molecule has 0 spiro atoms. The number of ether oxygens (including phenoxy) is 2. The van der Waals surface area contributed by atoms with Crippen LogP contribution in [0.4, 0.5) is 0 Å². The van der Waals surface area contributed by atoms with E-state index in [-0.39, 0.29) is 25.0 Å². The van der Waals surface area contributed by atoms with E-state index in [1.807, 2.05) is 27.7 Å². The lowest BCUT2D eigenvalue weighted by Crippen LogP contribution is -2.34. The molecule has 0 radical (unpaired) electrons. The van der Waals surface area contributed by atoms with Crippen molar-refractivity contribution in [1.82, 2.24) is 0 Å². The van der Waals surface area contributed by atoms with Crippen LogP contribution in [0.15, 0.2) is 0 Å². The number of hydrogen-bond acceptors (Lipinski definition) is 5. The molecule has 18 heavy (non-hydrogen) atoms. The minimum absolute atomic E-state index is 0.156. The number of alkyl halides is 1. The summed E-state index contributed by atoms with van der Waals surface area (Å²) in [7, 11) is 0. The Morgan fingerprint density at radius 3 is 1.94 bits per heavy atom. The van der Waals surface area contributed by atoms with Gasteiger partial charge in [-0.25, -0.2) is 4.79 Å². The Balaban J connectivity index is 4.23. The van der Waals surface area contributed by atoms with E-state index < -0.39 is 23.0 Å². The van der Waals surface area contributed by atoms with Crippen LogP contribution in [0.25, 0.3) is 0 Å². The van der Waals surface area contributed by atoms with E-state index in [0.29, 0.717) is 0 Å². The van der Waals surface area contributed by atoms with E-state index in [9.17, 15) is 9.59 Å². The number of esters is 2. The third-order valence-corrected chi connectivity index (χ3v) is 2.18. The van der Waals surface area contributed by atoms with Gasteiger partial charge >= 0.3 is 11.9 Å². The molecule has 0 fully saturated rings. The molecule has 104 valence electrons. The maximum absolute atomic E-state index is 11.4. The van der Waals surface area contributed by atoms with Gasteiger partial charge in [0.15, 0.2) is 5.38 Å². The van der Waals surface area contributed by atoms with Gasteiger partial charge in [-0.05, 0) is 11.8 Å². The Labute approximate surface area is 112 Å². The monoisotopic (exact) mass is 277 g/mol. The summed E-state index contributed by atoms with van der Waals surface area (Å²) in [5, 5.41) is 6.04. The Morgan fingerprint density at radius 2 is 1.50 bits per heavy atom. The van der Waals surface area contributed by atoms with Gasteiger partial charge in [0.2, 0.25) is 0 Å². The summed E-state index contributed by atoms with van der Waals surface area (Å²) in [6, 6.07) is 0. The fourth-order valence-corrected chi connectivity index (χ4v) is 1.02. The molecule has 0 aromatic rings. The molecule has 0 amide bonds. The molecule has 0 aliphatic carbocycles. The van der Waals surface area contributed by atoms with E-state index in [4.69, 9.17) is 26.5 Å². The van der Waals surface area contributed by atoms with E-state index in [1.54, 1.807) is 0 Å². The van der Waals surface area contributed by atoms with Gasteiger partial charge in [0.25, 0.3) is 0 Å². The van der Waals surface area contributed by atoms with Crippen molar-refractivity contribution in [1.29, 1.82) is 5.41 Å². The topological polar surface area (TPSA) is 76.5 Å². The molecule has 0 aliphatic rings. The van der Waals surface area contributed by atoms with Crippen molar-refractivity contribution in [2.24, 2.45) is 11.8 Å². The van der Waals surface area contributed by atoms with Crippen LogP contribution in [0.2, 0.25) is 0 Å². The Morgan fingerprint density at radius 1 is 1.06 bits per heavy atom. The van der Waals surface area contributed by atoms with Crippen LogP contribution < -0.4 is 0 Å². The zero-order valence-corrected chi connectivity index (χ0v) is 11.9. The highest BCUT2D eigenvalue weighted by atomic mass is 35.5. The van der Waals surface area contributed by atoms with Crippen molar-refractivity contribution >= 4 is 29.3 Å². The minimum Gasteiger partial charge on any atom is -0.464 e. The van der Waals surface area contributed by atoms with Gasteiger partial charge < -0.3 is 9.47 Å². The predicted octanol–water partition coefficient (Wildman–Crippen LogP) is 2.01. The molecule has 0 aliphatic heterocycles. The van der Waals surface area contributed by atoms with Crippen molar-refractivity contribution in [3.05, 3.63) is 0 Å². The van der Waals surface area contributed by atoms with Crippen LogP contribution >= 0.6 is 11.6 Å². The minimum atomic E-state index is -1.41. The second-order valence-electron chi connectivity index (χ2n) is 4.79. The summed E-state index contributed by atoms with van der Waals surface area (Å²) in [5.41, 5.74) is -0.592. The molecular weight excluding hydrogens is 258 g/mol. The second-order valence-corrected chi connectivity index (χ2v) is 5.23. The van der Waals surface area contributed by atoms with Crippen molar-refractivity contribution in [2.75, 3.05) is 13.2 Å². The number of rotatable bonds is 7. The maximum Gasteiger partial charge on any atom is 0.354 e. The average molecular weight is 278 g/mol. The summed E-state index contributed by atoms with van der Waals surface area (Å²) in [5.74, 6) is -1.36. The molecule has 0 aromatic heterocycles. The summed E-state index contributed by atoms with van der Waals surface area (Å²) in [6.07, 6.45) is 0. The normalized spacial score (nSPS) is 12.4. The molecule has 0 heterocycles. The number of hydrogen-bond donors (Lipinski definition) is 1. The molecule has 1 atom stereocenters. The second kappa shape index (κ2) is 8.08. The van der Waals surface area contributed by atoms with Crippen LogP contribution in [-0.2, 0) is 19.1 Å². The number of nitrogens with one attached hydrogen (secondary N) is 1. The first-order valence-electron chi connectivity index (χ1n) is 5.82. The first-order valence-corrected chi connectivity index (χ1v) is 6.25. The standard InChI is InChI=1S/C12H20ClNO4/c1-7(2)5-17-11(15)9(13)10(14)12(16)18-6-8(3)4/h7-9,14H,5-6H2,1-4H3.